The molecule has 0 aliphatic carbocycles. The van der Waals surface area contributed by atoms with Crippen LogP contribution >= 0.6 is 0 Å². The first-order valence-corrected chi connectivity index (χ1v) is 5.74. The minimum atomic E-state index is -0.310. The fourth-order valence-electron chi connectivity index (χ4n) is 1.24. The van der Waals surface area contributed by atoms with Gasteiger partial charge in [-0.3, -0.25) is 4.57 Å². The lowest BCUT2D eigenvalue weighted by molar-refractivity contribution is 0.528. The molecule has 3 heteroatoms. The minimum Gasteiger partial charge on any atom is -0.408 e. The van der Waals surface area contributed by atoms with E-state index in [9.17, 15) is 4.79 Å². The second kappa shape index (κ2) is 6.88. The first-order chi connectivity index (χ1) is 7.68. The van der Waals surface area contributed by atoms with Gasteiger partial charge in [-0.15, -0.1) is 0 Å². The predicted molar refractivity (Wildman–Crippen MR) is 68.9 cm³/mol. The van der Waals surface area contributed by atoms with Crippen LogP contribution in [-0.4, -0.2) is 4.57 Å². The highest BCUT2D eigenvalue weighted by Gasteiger charge is 2.03. The highest BCUT2D eigenvalue weighted by Crippen LogP contribution is 2.12. The molecule has 0 unspecified atom stereocenters. The topological polar surface area (TPSA) is 35.1 Å². The van der Waals surface area contributed by atoms with E-state index in [1.165, 1.54) is 4.57 Å². The summed E-state index contributed by atoms with van der Waals surface area (Å²) in [5, 5.41) is 0. The molecule has 0 saturated carbocycles. The van der Waals surface area contributed by atoms with Crippen molar-refractivity contribution in [1.29, 1.82) is 0 Å². The van der Waals surface area contributed by atoms with Crippen LogP contribution in [0.3, 0.4) is 0 Å². The summed E-state index contributed by atoms with van der Waals surface area (Å²) in [7, 11) is 1.70. The number of aromatic nitrogens is 1. The third-order valence-corrected chi connectivity index (χ3v) is 1.95. The molecule has 0 atom stereocenters. The molecular weight excluding hydrogens is 202 g/mol. The summed E-state index contributed by atoms with van der Waals surface area (Å²) < 4.78 is 6.46. The maximum atomic E-state index is 11.0. The largest absolute Gasteiger partial charge is 0.419 e. The van der Waals surface area contributed by atoms with Gasteiger partial charge in [-0.05, 0) is 24.6 Å². The SMILES string of the molecule is CC.CC.Cc1ccc2oc(=O)n(C)c2c1. The molecule has 0 amide bonds. The van der Waals surface area contributed by atoms with Gasteiger partial charge in [0.2, 0.25) is 0 Å². The Balaban J connectivity index is 0.000000509. The molecule has 0 radical (unpaired) electrons. The second-order valence-corrected chi connectivity index (χ2v) is 2.90. The van der Waals surface area contributed by atoms with Crippen molar-refractivity contribution in [3.05, 3.63) is 34.3 Å². The summed E-state index contributed by atoms with van der Waals surface area (Å²) in [6.07, 6.45) is 0. The quantitative estimate of drug-likeness (QED) is 0.685. The third kappa shape index (κ3) is 2.99. The van der Waals surface area contributed by atoms with Crippen LogP contribution in [0.15, 0.2) is 27.4 Å². The molecule has 2 aromatic rings. The number of nitrogens with zero attached hydrogens (tertiary/aromatic N) is 1. The molecule has 90 valence electrons. The Morgan fingerprint density at radius 1 is 1.12 bits per heavy atom. The number of hydrogen-bond acceptors (Lipinski definition) is 2. The van der Waals surface area contributed by atoms with Gasteiger partial charge in [-0.25, -0.2) is 4.79 Å². The average molecular weight is 223 g/mol. The Hall–Kier alpha value is -1.51. The normalized spacial score (nSPS) is 8.88. The molecule has 2 rings (SSSR count). The van der Waals surface area contributed by atoms with E-state index >= 15 is 0 Å². The number of oxazole rings is 1. The van der Waals surface area contributed by atoms with Gasteiger partial charge in [0.05, 0.1) is 5.52 Å². The Kier molecular flexibility index (Phi) is 6.23. The van der Waals surface area contributed by atoms with E-state index in [0.29, 0.717) is 5.58 Å². The van der Waals surface area contributed by atoms with E-state index in [2.05, 4.69) is 0 Å². The summed E-state index contributed by atoms with van der Waals surface area (Å²) in [5.74, 6) is -0.310. The minimum absolute atomic E-state index is 0.310. The van der Waals surface area contributed by atoms with Crippen molar-refractivity contribution in [3.8, 4) is 0 Å². The Labute approximate surface area is 96.7 Å². The Bertz CT molecular complexity index is 480. The van der Waals surface area contributed by atoms with E-state index < -0.39 is 0 Å². The van der Waals surface area contributed by atoms with Crippen molar-refractivity contribution in [3.63, 3.8) is 0 Å². The van der Waals surface area contributed by atoms with Gasteiger partial charge in [0, 0.05) is 7.05 Å². The molecule has 1 aromatic carbocycles. The van der Waals surface area contributed by atoms with Crippen LogP contribution in [0.2, 0.25) is 0 Å². The maximum Gasteiger partial charge on any atom is 0.419 e. The molecule has 0 N–H and O–H groups in total. The van der Waals surface area contributed by atoms with E-state index in [1.54, 1.807) is 7.05 Å². The molecule has 0 spiro atoms. The van der Waals surface area contributed by atoms with Crippen molar-refractivity contribution in [2.45, 2.75) is 34.6 Å². The highest BCUT2D eigenvalue weighted by molar-refractivity contribution is 5.73. The summed E-state index contributed by atoms with van der Waals surface area (Å²) in [4.78, 5) is 11.0. The van der Waals surface area contributed by atoms with Crippen molar-refractivity contribution >= 4 is 11.1 Å². The Morgan fingerprint density at radius 2 is 1.69 bits per heavy atom. The number of hydrogen-bond donors (Lipinski definition) is 0. The van der Waals surface area contributed by atoms with E-state index in [4.69, 9.17) is 4.42 Å². The lowest BCUT2D eigenvalue weighted by Crippen LogP contribution is -2.08. The molecule has 0 fully saturated rings. The highest BCUT2D eigenvalue weighted by atomic mass is 16.4. The molecule has 0 aliphatic heterocycles. The van der Waals surface area contributed by atoms with Crippen molar-refractivity contribution in [2.24, 2.45) is 7.05 Å². The van der Waals surface area contributed by atoms with Crippen LogP contribution in [0, 0.1) is 6.92 Å². The lowest BCUT2D eigenvalue weighted by atomic mass is 10.2. The molecule has 1 aromatic heterocycles. The zero-order valence-corrected chi connectivity index (χ0v) is 11.0. The number of aryl methyl sites for hydroxylation is 2. The fourth-order valence-corrected chi connectivity index (χ4v) is 1.24. The first kappa shape index (κ1) is 14.5. The summed E-state index contributed by atoms with van der Waals surface area (Å²) in [6, 6.07) is 5.66. The number of rotatable bonds is 0. The predicted octanol–water partition coefficient (Wildman–Crippen LogP) is 3.49. The summed E-state index contributed by atoms with van der Waals surface area (Å²) >= 11 is 0. The van der Waals surface area contributed by atoms with Crippen molar-refractivity contribution in [1.82, 2.24) is 4.57 Å². The molecule has 0 saturated heterocycles. The molecule has 0 aliphatic rings. The van der Waals surface area contributed by atoms with Crippen LogP contribution in [0.1, 0.15) is 33.3 Å². The van der Waals surface area contributed by atoms with Gasteiger partial charge >= 0.3 is 5.76 Å². The van der Waals surface area contributed by atoms with Gasteiger partial charge in [-0.1, -0.05) is 33.8 Å². The molecule has 3 nitrogen and oxygen atoms in total. The monoisotopic (exact) mass is 223 g/mol. The summed E-state index contributed by atoms with van der Waals surface area (Å²) in [5.41, 5.74) is 2.62. The first-order valence-electron chi connectivity index (χ1n) is 5.74. The van der Waals surface area contributed by atoms with Gasteiger partial charge < -0.3 is 4.42 Å². The third-order valence-electron chi connectivity index (χ3n) is 1.95. The molecule has 1 heterocycles. The van der Waals surface area contributed by atoms with Crippen molar-refractivity contribution < 1.29 is 4.42 Å². The average Bonchev–Trinajstić information content (AvgIpc) is 2.61. The van der Waals surface area contributed by atoms with Crippen molar-refractivity contribution in [2.75, 3.05) is 0 Å². The van der Waals surface area contributed by atoms with Crippen LogP contribution in [0.4, 0.5) is 0 Å². The zero-order chi connectivity index (χ0) is 12.7. The lowest BCUT2D eigenvalue weighted by Gasteiger charge is -1.92. The standard InChI is InChI=1S/C9H9NO2.2C2H6/c1-6-3-4-8-7(5-6)10(2)9(11)12-8;2*1-2/h3-5H,1-2H3;2*1-2H3. The van der Waals surface area contributed by atoms with Crippen LogP contribution in [0.25, 0.3) is 11.1 Å². The number of fused-ring (bicyclic) bond motifs is 1. The Morgan fingerprint density at radius 3 is 2.25 bits per heavy atom. The summed E-state index contributed by atoms with van der Waals surface area (Å²) in [6.45, 7) is 9.98. The maximum absolute atomic E-state index is 11.0. The van der Waals surface area contributed by atoms with Gasteiger partial charge in [0.1, 0.15) is 0 Å². The van der Waals surface area contributed by atoms with Gasteiger partial charge in [0.15, 0.2) is 5.58 Å². The second-order valence-electron chi connectivity index (χ2n) is 2.90. The van der Waals surface area contributed by atoms with E-state index in [0.717, 1.165) is 11.1 Å². The smallest absolute Gasteiger partial charge is 0.408 e. The number of benzene rings is 1. The van der Waals surface area contributed by atoms with Crippen LogP contribution < -0.4 is 5.76 Å². The molecule has 0 bridgehead atoms. The van der Waals surface area contributed by atoms with E-state index in [-0.39, 0.29) is 5.76 Å². The van der Waals surface area contributed by atoms with Crippen LogP contribution in [0.5, 0.6) is 0 Å². The zero-order valence-electron chi connectivity index (χ0n) is 11.0. The van der Waals surface area contributed by atoms with E-state index in [1.807, 2.05) is 52.8 Å². The van der Waals surface area contributed by atoms with Gasteiger partial charge in [0.25, 0.3) is 0 Å². The molecular formula is C13H21NO2. The fraction of sp³-hybridized carbons (Fsp3) is 0.462. The van der Waals surface area contributed by atoms with Crippen LogP contribution in [-0.2, 0) is 7.05 Å². The van der Waals surface area contributed by atoms with Gasteiger partial charge in [-0.2, -0.15) is 0 Å². The molecule has 16 heavy (non-hydrogen) atoms.